The third kappa shape index (κ3) is 3.63. The molecular formula is C22H19FN6O2S. The van der Waals surface area contributed by atoms with Crippen molar-refractivity contribution in [3.05, 3.63) is 54.3 Å². The molecule has 0 fully saturated rings. The minimum Gasteiger partial charge on any atom is -0.487 e. The second-order valence-corrected chi connectivity index (χ2v) is 8.21. The maximum atomic E-state index is 15.0. The molecule has 0 saturated heterocycles. The van der Waals surface area contributed by atoms with E-state index in [1.807, 2.05) is 25.4 Å². The van der Waals surface area contributed by atoms with Crippen LogP contribution in [0.3, 0.4) is 0 Å². The van der Waals surface area contributed by atoms with E-state index in [2.05, 4.69) is 25.4 Å². The monoisotopic (exact) mass is 450 g/mol. The lowest BCUT2D eigenvalue weighted by Gasteiger charge is -2.17. The number of nitrogens with one attached hydrogen (secondary N) is 1. The molecule has 0 aliphatic rings. The Morgan fingerprint density at radius 2 is 2.06 bits per heavy atom. The lowest BCUT2D eigenvalue weighted by atomic mass is 10.1. The van der Waals surface area contributed by atoms with E-state index < -0.39 is 11.9 Å². The maximum Gasteiger partial charge on any atom is 0.166 e. The van der Waals surface area contributed by atoms with Crippen LogP contribution < -0.4 is 10.1 Å². The molecule has 0 radical (unpaired) electrons. The predicted octanol–water partition coefficient (Wildman–Crippen LogP) is 4.28. The highest BCUT2D eigenvalue weighted by Crippen LogP contribution is 2.37. The van der Waals surface area contributed by atoms with Crippen molar-refractivity contribution < 1.29 is 14.2 Å². The number of hydrogen-bond acceptors (Lipinski definition) is 8. The molecule has 162 valence electrons. The summed E-state index contributed by atoms with van der Waals surface area (Å²) in [6, 6.07) is 7.14. The summed E-state index contributed by atoms with van der Waals surface area (Å²) in [4.78, 5) is 12.9. The first-order chi connectivity index (χ1) is 15.5. The summed E-state index contributed by atoms with van der Waals surface area (Å²) in [6.45, 7) is 1.60. The molecule has 2 aromatic carbocycles. The van der Waals surface area contributed by atoms with Gasteiger partial charge in [0, 0.05) is 18.8 Å². The Hall–Kier alpha value is -3.63. The van der Waals surface area contributed by atoms with Gasteiger partial charge < -0.3 is 15.2 Å². The number of aryl methyl sites for hydroxylation is 1. The standard InChI is InChI=1S/C22H19FN6O2S/c1-12(9-30)31-18-6-13(14-7-27-29(2)8-14)5-17-19(18)22(25-10-24-17)28-15-3-4-16-21(20(15)23)32-11-26-16/h3-8,10-12,30H,9H2,1-2H3,(H,24,25,28)/t12-/m1/s1. The van der Waals surface area contributed by atoms with Gasteiger partial charge in [-0.15, -0.1) is 11.3 Å². The van der Waals surface area contributed by atoms with Crippen LogP contribution in [0.5, 0.6) is 5.75 Å². The Morgan fingerprint density at radius 3 is 2.84 bits per heavy atom. The molecule has 8 nitrogen and oxygen atoms in total. The van der Waals surface area contributed by atoms with Crippen LogP contribution in [-0.4, -0.2) is 42.5 Å². The number of rotatable bonds is 6. The first-order valence-corrected chi connectivity index (χ1v) is 10.8. The SMILES string of the molecule is C[C@H](CO)Oc1cc(-c2cnn(C)c2)cc2ncnc(Nc3ccc4ncsc4c3F)c12. The largest absolute Gasteiger partial charge is 0.487 e. The van der Waals surface area contributed by atoms with Crippen LogP contribution in [0.15, 0.2) is 48.5 Å². The van der Waals surface area contributed by atoms with Gasteiger partial charge in [-0.05, 0) is 36.8 Å². The molecule has 10 heteroatoms. The Bertz CT molecular complexity index is 1430. The van der Waals surface area contributed by atoms with Crippen LogP contribution in [0, 0.1) is 5.82 Å². The Kier molecular flexibility index (Phi) is 5.16. The molecule has 0 unspecified atom stereocenters. The lowest BCUT2D eigenvalue weighted by molar-refractivity contribution is 0.131. The molecule has 1 atom stereocenters. The minimum atomic E-state index is -0.458. The molecular weight excluding hydrogens is 431 g/mol. The lowest BCUT2D eigenvalue weighted by Crippen LogP contribution is -2.16. The van der Waals surface area contributed by atoms with Crippen molar-refractivity contribution in [2.75, 3.05) is 11.9 Å². The first-order valence-electron chi connectivity index (χ1n) is 9.87. The maximum absolute atomic E-state index is 15.0. The van der Waals surface area contributed by atoms with Gasteiger partial charge in [0.15, 0.2) is 5.82 Å². The van der Waals surface area contributed by atoms with Crippen molar-refractivity contribution in [3.63, 3.8) is 0 Å². The van der Waals surface area contributed by atoms with E-state index in [1.165, 1.54) is 17.7 Å². The number of halogens is 1. The second kappa shape index (κ2) is 8.13. The van der Waals surface area contributed by atoms with Crippen LogP contribution >= 0.6 is 11.3 Å². The summed E-state index contributed by atoms with van der Waals surface area (Å²) >= 11 is 1.24. The fourth-order valence-electron chi connectivity index (χ4n) is 3.45. The zero-order valence-electron chi connectivity index (χ0n) is 17.3. The van der Waals surface area contributed by atoms with Gasteiger partial charge in [-0.3, -0.25) is 4.68 Å². The quantitative estimate of drug-likeness (QED) is 0.398. The smallest absolute Gasteiger partial charge is 0.166 e. The fraction of sp³-hybridized carbons (Fsp3) is 0.182. The van der Waals surface area contributed by atoms with Crippen molar-refractivity contribution in [1.82, 2.24) is 24.7 Å². The normalized spacial score (nSPS) is 12.4. The molecule has 3 aromatic heterocycles. The summed E-state index contributed by atoms with van der Waals surface area (Å²) in [7, 11) is 1.84. The van der Waals surface area contributed by atoms with E-state index in [1.54, 1.807) is 35.4 Å². The van der Waals surface area contributed by atoms with Gasteiger partial charge in [0.05, 0.1) is 45.1 Å². The van der Waals surface area contributed by atoms with Gasteiger partial charge in [-0.1, -0.05) is 0 Å². The molecule has 0 saturated carbocycles. The average Bonchev–Trinajstić information content (AvgIpc) is 3.45. The number of aliphatic hydroxyl groups is 1. The van der Waals surface area contributed by atoms with E-state index in [4.69, 9.17) is 4.74 Å². The van der Waals surface area contributed by atoms with Crippen LogP contribution in [0.1, 0.15) is 6.92 Å². The number of hydrogen-bond donors (Lipinski definition) is 2. The van der Waals surface area contributed by atoms with E-state index in [0.717, 1.165) is 11.1 Å². The molecule has 2 N–H and O–H groups in total. The molecule has 0 bridgehead atoms. The predicted molar refractivity (Wildman–Crippen MR) is 122 cm³/mol. The minimum absolute atomic E-state index is 0.161. The van der Waals surface area contributed by atoms with Gasteiger partial charge in [-0.25, -0.2) is 19.3 Å². The number of thiazole rings is 1. The Balaban J connectivity index is 1.66. The zero-order chi connectivity index (χ0) is 22.2. The second-order valence-electron chi connectivity index (χ2n) is 7.36. The highest BCUT2D eigenvalue weighted by Gasteiger charge is 2.18. The molecule has 0 amide bonds. The van der Waals surface area contributed by atoms with Crippen LogP contribution in [0.25, 0.3) is 32.2 Å². The fourth-order valence-corrected chi connectivity index (χ4v) is 4.18. The van der Waals surface area contributed by atoms with Crippen molar-refractivity contribution >= 4 is 44.0 Å². The topological polar surface area (TPSA) is 98.0 Å². The summed E-state index contributed by atoms with van der Waals surface area (Å²) in [5, 5.41) is 17.4. The Morgan fingerprint density at radius 1 is 1.19 bits per heavy atom. The van der Waals surface area contributed by atoms with Gasteiger partial charge in [0.25, 0.3) is 0 Å². The number of fused-ring (bicyclic) bond motifs is 2. The number of nitrogens with zero attached hydrogens (tertiary/aromatic N) is 5. The van der Waals surface area contributed by atoms with Crippen LogP contribution in [-0.2, 0) is 7.05 Å². The molecule has 0 aliphatic carbocycles. The molecule has 5 aromatic rings. The van der Waals surface area contributed by atoms with Crippen LogP contribution in [0.2, 0.25) is 0 Å². The van der Waals surface area contributed by atoms with Crippen molar-refractivity contribution in [1.29, 1.82) is 0 Å². The summed E-state index contributed by atoms with van der Waals surface area (Å²) < 4.78 is 23.2. The van der Waals surface area contributed by atoms with E-state index >= 15 is 4.39 Å². The molecule has 32 heavy (non-hydrogen) atoms. The summed E-state index contributed by atoms with van der Waals surface area (Å²) in [5.41, 5.74) is 4.85. The molecule has 0 aliphatic heterocycles. The number of aromatic nitrogens is 5. The number of anilines is 2. The Labute approximate surface area is 186 Å². The molecule has 3 heterocycles. The zero-order valence-corrected chi connectivity index (χ0v) is 18.1. The first kappa shape index (κ1) is 20.3. The number of ether oxygens (including phenoxy) is 1. The van der Waals surface area contributed by atoms with Crippen LogP contribution in [0.4, 0.5) is 15.9 Å². The number of aliphatic hydroxyl groups excluding tert-OH is 1. The third-order valence-corrected chi connectivity index (χ3v) is 5.85. The summed E-state index contributed by atoms with van der Waals surface area (Å²) in [6.07, 6.45) is 4.60. The molecule has 0 spiro atoms. The molecule has 5 rings (SSSR count). The number of benzene rings is 2. The van der Waals surface area contributed by atoms with Gasteiger partial charge in [0.1, 0.15) is 24.0 Å². The summed E-state index contributed by atoms with van der Waals surface area (Å²) in [5.74, 6) is 0.482. The van der Waals surface area contributed by atoms with E-state index in [9.17, 15) is 5.11 Å². The average molecular weight is 450 g/mol. The van der Waals surface area contributed by atoms with Gasteiger partial charge in [0.2, 0.25) is 0 Å². The van der Waals surface area contributed by atoms with Crippen molar-refractivity contribution in [3.8, 4) is 16.9 Å². The highest BCUT2D eigenvalue weighted by atomic mass is 32.1. The van der Waals surface area contributed by atoms with E-state index in [-0.39, 0.29) is 12.3 Å². The highest BCUT2D eigenvalue weighted by molar-refractivity contribution is 7.16. The van der Waals surface area contributed by atoms with Crippen molar-refractivity contribution in [2.45, 2.75) is 13.0 Å². The van der Waals surface area contributed by atoms with Crippen molar-refractivity contribution in [2.24, 2.45) is 7.05 Å². The van der Waals surface area contributed by atoms with E-state index in [0.29, 0.717) is 32.7 Å². The van der Waals surface area contributed by atoms with Gasteiger partial charge >= 0.3 is 0 Å². The van der Waals surface area contributed by atoms with Gasteiger partial charge in [-0.2, -0.15) is 5.10 Å². The third-order valence-electron chi connectivity index (χ3n) is 5.02.